The minimum atomic E-state index is -3.63. The van der Waals surface area contributed by atoms with Gasteiger partial charge in [-0.1, -0.05) is 12.1 Å². The molecule has 29 heavy (non-hydrogen) atoms. The van der Waals surface area contributed by atoms with Crippen LogP contribution in [-0.2, 0) is 26.1 Å². The summed E-state index contributed by atoms with van der Waals surface area (Å²) in [5.41, 5.74) is 0.757. The van der Waals surface area contributed by atoms with Crippen LogP contribution in [-0.4, -0.2) is 45.0 Å². The third kappa shape index (κ3) is 6.03. The van der Waals surface area contributed by atoms with Gasteiger partial charge >= 0.3 is 0 Å². The Morgan fingerprint density at radius 3 is 2.59 bits per heavy atom. The Morgan fingerprint density at radius 1 is 1.24 bits per heavy atom. The molecule has 1 aromatic heterocycles. The van der Waals surface area contributed by atoms with E-state index in [4.69, 9.17) is 9.15 Å². The Morgan fingerprint density at radius 2 is 1.97 bits per heavy atom. The zero-order valence-corrected chi connectivity index (χ0v) is 17.2. The highest BCUT2D eigenvalue weighted by atomic mass is 32.2. The van der Waals surface area contributed by atoms with Crippen molar-refractivity contribution in [3.05, 3.63) is 60.1 Å². The summed E-state index contributed by atoms with van der Waals surface area (Å²) in [4.78, 5) is 14.3. The van der Waals surface area contributed by atoms with Crippen molar-refractivity contribution in [2.24, 2.45) is 0 Å². The van der Waals surface area contributed by atoms with Gasteiger partial charge in [-0.25, -0.2) is 13.1 Å². The second-order valence-electron chi connectivity index (χ2n) is 6.79. The average molecular weight is 419 g/mol. The van der Waals surface area contributed by atoms with Gasteiger partial charge in [-0.3, -0.25) is 4.79 Å². The Hall–Kier alpha value is -2.42. The van der Waals surface area contributed by atoms with Crippen molar-refractivity contribution in [1.82, 2.24) is 9.62 Å². The average Bonchev–Trinajstić information content (AvgIpc) is 3.25. The number of hydrogen-bond acceptors (Lipinski definition) is 5. The highest BCUT2D eigenvalue weighted by Crippen LogP contribution is 2.15. The molecule has 0 radical (unpaired) electrons. The van der Waals surface area contributed by atoms with Crippen LogP contribution in [0.25, 0.3) is 6.08 Å². The summed E-state index contributed by atoms with van der Waals surface area (Å²) in [6.45, 7) is 4.14. The van der Waals surface area contributed by atoms with E-state index in [1.165, 1.54) is 24.5 Å². The van der Waals surface area contributed by atoms with Gasteiger partial charge in [-0.15, -0.1) is 0 Å². The Labute approximate surface area is 171 Å². The molecule has 0 bridgehead atoms. The van der Waals surface area contributed by atoms with E-state index < -0.39 is 10.0 Å². The largest absolute Gasteiger partial charge is 0.468 e. The van der Waals surface area contributed by atoms with Crippen molar-refractivity contribution < 1.29 is 22.4 Å². The van der Waals surface area contributed by atoms with Crippen LogP contribution in [0.4, 0.5) is 0 Å². The molecule has 0 saturated carbocycles. The molecule has 1 saturated heterocycles. The third-order valence-electron chi connectivity index (χ3n) is 4.78. The van der Waals surface area contributed by atoms with Crippen LogP contribution in [0.2, 0.25) is 0 Å². The monoisotopic (exact) mass is 418 g/mol. The summed E-state index contributed by atoms with van der Waals surface area (Å²) in [5.74, 6) is 0.494. The maximum absolute atomic E-state index is 12.3. The Kier molecular flexibility index (Phi) is 7.24. The summed E-state index contributed by atoms with van der Waals surface area (Å²) in [5, 5.41) is 0. The van der Waals surface area contributed by atoms with E-state index >= 15 is 0 Å². The van der Waals surface area contributed by atoms with E-state index in [0.29, 0.717) is 25.5 Å². The van der Waals surface area contributed by atoms with Crippen LogP contribution in [0.15, 0.2) is 58.1 Å². The maximum Gasteiger partial charge on any atom is 0.246 e. The van der Waals surface area contributed by atoms with Crippen LogP contribution >= 0.6 is 0 Å². The lowest BCUT2D eigenvalue weighted by molar-refractivity contribution is -0.128. The van der Waals surface area contributed by atoms with Gasteiger partial charge in [0.25, 0.3) is 0 Å². The lowest BCUT2D eigenvalue weighted by Crippen LogP contribution is -2.40. The number of piperidine rings is 1. The molecular weight excluding hydrogens is 392 g/mol. The van der Waals surface area contributed by atoms with Gasteiger partial charge in [0.1, 0.15) is 5.76 Å². The first kappa shape index (κ1) is 21.3. The molecule has 0 atom stereocenters. The molecule has 8 heteroatoms. The lowest BCUT2D eigenvalue weighted by atomic mass is 10.1. The van der Waals surface area contributed by atoms with Crippen molar-refractivity contribution in [2.75, 3.05) is 19.7 Å². The van der Waals surface area contributed by atoms with Gasteiger partial charge in [-0.2, -0.15) is 0 Å². The molecule has 7 nitrogen and oxygen atoms in total. The van der Waals surface area contributed by atoms with Crippen molar-refractivity contribution >= 4 is 22.0 Å². The number of ether oxygens (including phenoxy) is 1. The minimum Gasteiger partial charge on any atom is -0.468 e. The third-order valence-corrected chi connectivity index (χ3v) is 6.20. The smallest absolute Gasteiger partial charge is 0.246 e. The number of nitrogens with zero attached hydrogens (tertiary/aromatic N) is 1. The fraction of sp³-hybridized carbons (Fsp3) is 0.381. The lowest BCUT2D eigenvalue weighted by Gasteiger charge is -2.31. The first-order valence-corrected chi connectivity index (χ1v) is 11.2. The molecule has 1 aliphatic rings. The number of rotatable bonds is 8. The van der Waals surface area contributed by atoms with Gasteiger partial charge in [-0.05, 0) is 55.7 Å². The topological polar surface area (TPSA) is 88.8 Å². The van der Waals surface area contributed by atoms with Crippen molar-refractivity contribution in [2.45, 2.75) is 37.3 Å². The molecule has 0 unspecified atom stereocenters. The summed E-state index contributed by atoms with van der Waals surface area (Å²) in [7, 11) is -3.63. The van der Waals surface area contributed by atoms with Crippen LogP contribution in [0, 0.1) is 0 Å². The molecule has 1 amide bonds. The molecular formula is C21H26N2O5S. The summed E-state index contributed by atoms with van der Waals surface area (Å²) in [6, 6.07) is 9.78. The first-order chi connectivity index (χ1) is 14.0. The van der Waals surface area contributed by atoms with E-state index in [0.717, 1.165) is 18.4 Å². The van der Waals surface area contributed by atoms with E-state index in [-0.39, 0.29) is 23.5 Å². The molecule has 156 valence electrons. The van der Waals surface area contributed by atoms with E-state index in [1.54, 1.807) is 30.3 Å². The summed E-state index contributed by atoms with van der Waals surface area (Å²) >= 11 is 0. The maximum atomic E-state index is 12.3. The highest BCUT2D eigenvalue weighted by Gasteiger charge is 2.21. The number of amides is 1. The molecule has 0 spiro atoms. The second kappa shape index (κ2) is 9.87. The van der Waals surface area contributed by atoms with E-state index in [1.807, 2.05) is 11.8 Å². The Bertz CT molecular complexity index is 912. The fourth-order valence-electron chi connectivity index (χ4n) is 3.17. The number of benzene rings is 1. The van der Waals surface area contributed by atoms with Gasteiger partial charge in [0.15, 0.2) is 0 Å². The summed E-state index contributed by atoms with van der Waals surface area (Å²) in [6.07, 6.45) is 6.66. The molecule has 1 aliphatic heterocycles. The molecule has 1 N–H and O–H groups in total. The molecule has 2 aromatic rings. The SMILES string of the molecule is CCOC1CCN(C(=O)C=Cc2ccc(S(=O)(=O)NCc3ccco3)cc2)CC1. The first-order valence-electron chi connectivity index (χ1n) is 9.68. The quantitative estimate of drug-likeness (QED) is 0.666. The van der Waals surface area contributed by atoms with Crippen molar-refractivity contribution in [1.29, 1.82) is 0 Å². The van der Waals surface area contributed by atoms with Crippen LogP contribution in [0.3, 0.4) is 0 Å². The number of carbonyl (C=O) groups excluding carboxylic acids is 1. The normalized spacial score (nSPS) is 15.8. The van der Waals surface area contributed by atoms with Crippen LogP contribution < -0.4 is 4.72 Å². The van der Waals surface area contributed by atoms with Crippen LogP contribution in [0.1, 0.15) is 31.1 Å². The van der Waals surface area contributed by atoms with Gasteiger partial charge in [0.2, 0.25) is 15.9 Å². The van der Waals surface area contributed by atoms with Crippen LogP contribution in [0.5, 0.6) is 0 Å². The second-order valence-corrected chi connectivity index (χ2v) is 8.55. The fourth-order valence-corrected chi connectivity index (χ4v) is 4.17. The van der Waals surface area contributed by atoms with E-state index in [9.17, 15) is 13.2 Å². The number of nitrogens with one attached hydrogen (secondary N) is 1. The standard InChI is InChI=1S/C21H26N2O5S/c1-2-27-18-11-13-23(14-12-18)21(24)10-7-17-5-8-20(9-6-17)29(25,26)22-16-19-4-3-15-28-19/h3-10,15,18,22H,2,11-14,16H2,1H3. The molecule has 1 aromatic carbocycles. The molecule has 0 aliphatic carbocycles. The predicted molar refractivity (Wildman–Crippen MR) is 109 cm³/mol. The zero-order chi connectivity index (χ0) is 20.7. The predicted octanol–water partition coefficient (Wildman–Crippen LogP) is 2.80. The van der Waals surface area contributed by atoms with E-state index in [2.05, 4.69) is 4.72 Å². The number of sulfonamides is 1. The zero-order valence-electron chi connectivity index (χ0n) is 16.4. The Balaban J connectivity index is 1.54. The number of carbonyl (C=O) groups is 1. The highest BCUT2D eigenvalue weighted by molar-refractivity contribution is 7.89. The van der Waals surface area contributed by atoms with Gasteiger partial charge in [0, 0.05) is 25.8 Å². The van der Waals surface area contributed by atoms with Gasteiger partial charge < -0.3 is 14.1 Å². The number of furan rings is 1. The minimum absolute atomic E-state index is 0.0447. The number of hydrogen-bond donors (Lipinski definition) is 1. The number of likely N-dealkylation sites (tertiary alicyclic amines) is 1. The summed E-state index contributed by atoms with van der Waals surface area (Å²) < 4.78 is 37.9. The van der Waals surface area contributed by atoms with Crippen molar-refractivity contribution in [3.8, 4) is 0 Å². The molecule has 2 heterocycles. The molecule has 3 rings (SSSR count). The van der Waals surface area contributed by atoms with Crippen molar-refractivity contribution in [3.63, 3.8) is 0 Å². The van der Waals surface area contributed by atoms with Gasteiger partial charge in [0.05, 0.1) is 23.8 Å². The molecule has 1 fully saturated rings.